The van der Waals surface area contributed by atoms with Crippen LogP contribution in [0.25, 0.3) is 0 Å². The van der Waals surface area contributed by atoms with Crippen LogP contribution in [-0.4, -0.2) is 81.9 Å². The molecule has 2 aromatic rings. The van der Waals surface area contributed by atoms with Crippen molar-refractivity contribution in [2.75, 3.05) is 26.7 Å². The minimum absolute atomic E-state index is 0.151. The first kappa shape index (κ1) is 31.8. The Kier molecular flexibility index (Phi) is 10.7. The normalized spacial score (nSPS) is 19.0. The topological polar surface area (TPSA) is 120 Å². The molecule has 1 aromatic heterocycles. The number of hydrogen-bond acceptors (Lipinski definition) is 7. The summed E-state index contributed by atoms with van der Waals surface area (Å²) in [7, 11) is 1.68. The first-order chi connectivity index (χ1) is 18.0. The molecule has 0 saturated carbocycles. The first-order valence-corrected chi connectivity index (χ1v) is 12.0. The number of methoxy groups -OCH3 is 1. The fraction of sp³-hybridized carbons (Fsp3) is 0.478. The standard InChI is InChI=1S/C19H23N3O2S.2C2HF3O2/c1-13-20-16(12-25-13)10-22-9-15-8-21(11-18(15)19(22)23)7-14-3-5-17(24-2)6-4-14;2*3-2(4,5)1(6)7/h3-6,12,15,18H,7-11H2,1-2H3;2*(H,6,7)/t15-,18-;;/m1../s1. The van der Waals surface area contributed by atoms with Gasteiger partial charge in [-0.1, -0.05) is 12.1 Å². The van der Waals surface area contributed by atoms with Gasteiger partial charge in [-0.25, -0.2) is 14.6 Å². The number of benzene rings is 1. The molecule has 1 aromatic carbocycles. The van der Waals surface area contributed by atoms with Crippen molar-refractivity contribution in [1.29, 1.82) is 0 Å². The van der Waals surface area contributed by atoms with Crippen LogP contribution in [0.15, 0.2) is 29.6 Å². The van der Waals surface area contributed by atoms with Gasteiger partial charge in [0.05, 0.1) is 30.3 Å². The second-order valence-electron chi connectivity index (χ2n) is 8.59. The number of aryl methyl sites for hydroxylation is 1. The first-order valence-electron chi connectivity index (χ1n) is 11.2. The smallest absolute Gasteiger partial charge is 0.490 e. The van der Waals surface area contributed by atoms with Crippen LogP contribution in [0.5, 0.6) is 5.75 Å². The summed E-state index contributed by atoms with van der Waals surface area (Å²) >= 11 is 1.65. The highest BCUT2D eigenvalue weighted by Crippen LogP contribution is 2.34. The second-order valence-corrected chi connectivity index (χ2v) is 9.65. The number of halogens is 6. The third-order valence-electron chi connectivity index (χ3n) is 5.67. The maximum Gasteiger partial charge on any atom is 0.490 e. The van der Waals surface area contributed by atoms with Crippen LogP contribution in [0.2, 0.25) is 0 Å². The van der Waals surface area contributed by atoms with Gasteiger partial charge in [-0.3, -0.25) is 9.69 Å². The number of carboxylic acid groups (broad SMARTS) is 2. The number of carbonyl (C=O) groups excluding carboxylic acids is 1. The lowest BCUT2D eigenvalue weighted by Gasteiger charge is -2.21. The number of alkyl halides is 6. The minimum Gasteiger partial charge on any atom is -0.497 e. The molecule has 216 valence electrons. The Labute approximate surface area is 222 Å². The zero-order chi connectivity index (χ0) is 29.5. The number of hydrogen-bond donors (Lipinski definition) is 2. The number of carboxylic acids is 2. The maximum atomic E-state index is 12.7. The number of amides is 1. The second kappa shape index (κ2) is 13.1. The molecular weight excluding hydrogens is 560 g/mol. The molecule has 39 heavy (non-hydrogen) atoms. The van der Waals surface area contributed by atoms with Crippen LogP contribution >= 0.6 is 11.3 Å². The zero-order valence-electron chi connectivity index (χ0n) is 20.6. The SMILES string of the molecule is COc1ccc(CN2C[C@@H]3CN(Cc4csc(C)n4)C(=O)[C@@H]3C2)cc1.O=C(O)C(F)(F)F.O=C(O)C(F)(F)F. The van der Waals surface area contributed by atoms with E-state index in [1.807, 2.05) is 24.0 Å². The fourth-order valence-corrected chi connectivity index (χ4v) is 4.57. The van der Waals surface area contributed by atoms with Gasteiger partial charge in [0, 0.05) is 37.5 Å². The van der Waals surface area contributed by atoms with E-state index >= 15 is 0 Å². The van der Waals surface area contributed by atoms with Gasteiger partial charge in [0.2, 0.25) is 5.91 Å². The van der Waals surface area contributed by atoms with E-state index in [-0.39, 0.29) is 5.92 Å². The summed E-state index contributed by atoms with van der Waals surface area (Å²) in [6, 6.07) is 8.20. The van der Waals surface area contributed by atoms with Gasteiger partial charge in [-0.05, 0) is 24.6 Å². The predicted molar refractivity (Wildman–Crippen MR) is 125 cm³/mol. The Hall–Kier alpha value is -3.40. The number of thiazole rings is 1. The van der Waals surface area contributed by atoms with E-state index in [1.54, 1.807) is 18.4 Å². The number of aliphatic carboxylic acids is 2. The minimum atomic E-state index is -5.08. The summed E-state index contributed by atoms with van der Waals surface area (Å²) in [4.78, 5) is 39.4. The third-order valence-corrected chi connectivity index (χ3v) is 6.49. The summed E-state index contributed by atoms with van der Waals surface area (Å²) < 4.78 is 68.7. The molecule has 2 saturated heterocycles. The molecular formula is C23H25F6N3O6S. The molecule has 1 amide bonds. The lowest BCUT2D eigenvalue weighted by molar-refractivity contribution is -0.193. The molecule has 16 heteroatoms. The highest BCUT2D eigenvalue weighted by atomic mass is 32.1. The summed E-state index contributed by atoms with van der Waals surface area (Å²) in [5, 5.41) is 17.4. The van der Waals surface area contributed by atoms with E-state index in [9.17, 15) is 31.1 Å². The van der Waals surface area contributed by atoms with Crippen molar-refractivity contribution in [3.63, 3.8) is 0 Å². The Morgan fingerprint density at radius 1 is 1.00 bits per heavy atom. The number of rotatable bonds is 5. The van der Waals surface area contributed by atoms with Gasteiger partial charge in [0.25, 0.3) is 0 Å². The lowest BCUT2D eigenvalue weighted by atomic mass is 10.0. The van der Waals surface area contributed by atoms with Crippen LogP contribution in [0, 0.1) is 18.8 Å². The molecule has 2 N–H and O–H groups in total. The highest BCUT2D eigenvalue weighted by Gasteiger charge is 2.46. The Morgan fingerprint density at radius 3 is 1.95 bits per heavy atom. The zero-order valence-corrected chi connectivity index (χ0v) is 21.4. The van der Waals surface area contributed by atoms with Gasteiger partial charge >= 0.3 is 24.3 Å². The Bertz CT molecular complexity index is 1110. The lowest BCUT2D eigenvalue weighted by Crippen LogP contribution is -2.32. The van der Waals surface area contributed by atoms with E-state index in [1.165, 1.54) is 5.56 Å². The van der Waals surface area contributed by atoms with Gasteiger partial charge in [0.15, 0.2) is 0 Å². The Morgan fingerprint density at radius 2 is 1.54 bits per heavy atom. The molecule has 0 aliphatic carbocycles. The quantitative estimate of drug-likeness (QED) is 0.509. The van der Waals surface area contributed by atoms with Crippen molar-refractivity contribution in [3.8, 4) is 5.75 Å². The molecule has 0 spiro atoms. The third kappa shape index (κ3) is 9.69. The summed E-state index contributed by atoms with van der Waals surface area (Å²) in [6.07, 6.45) is -10.2. The molecule has 2 aliphatic heterocycles. The number of ether oxygens (including phenoxy) is 1. The van der Waals surface area contributed by atoms with Crippen molar-refractivity contribution in [1.82, 2.24) is 14.8 Å². The summed E-state index contributed by atoms with van der Waals surface area (Å²) in [5.41, 5.74) is 2.29. The van der Waals surface area contributed by atoms with Gasteiger partial charge in [0.1, 0.15) is 5.75 Å². The van der Waals surface area contributed by atoms with Crippen molar-refractivity contribution < 1.29 is 55.7 Å². The monoisotopic (exact) mass is 585 g/mol. The molecule has 0 unspecified atom stereocenters. The van der Waals surface area contributed by atoms with Crippen molar-refractivity contribution in [2.24, 2.45) is 11.8 Å². The van der Waals surface area contributed by atoms with Crippen molar-refractivity contribution >= 4 is 29.2 Å². The van der Waals surface area contributed by atoms with Gasteiger partial charge in [-0.15, -0.1) is 11.3 Å². The molecule has 2 aliphatic rings. The van der Waals surface area contributed by atoms with Gasteiger partial charge < -0.3 is 19.8 Å². The average Bonchev–Trinajstić information content (AvgIpc) is 3.50. The summed E-state index contributed by atoms with van der Waals surface area (Å²) in [6.45, 7) is 6.28. The highest BCUT2D eigenvalue weighted by molar-refractivity contribution is 7.09. The van der Waals surface area contributed by atoms with E-state index in [0.717, 1.165) is 42.6 Å². The molecule has 9 nitrogen and oxygen atoms in total. The number of fused-ring (bicyclic) bond motifs is 1. The largest absolute Gasteiger partial charge is 0.497 e. The van der Waals surface area contributed by atoms with Crippen LogP contribution in [0.4, 0.5) is 26.3 Å². The van der Waals surface area contributed by atoms with Gasteiger partial charge in [-0.2, -0.15) is 26.3 Å². The van der Waals surface area contributed by atoms with E-state index in [4.69, 9.17) is 24.5 Å². The molecule has 2 fully saturated rings. The predicted octanol–water partition coefficient (Wildman–Crippen LogP) is 3.82. The molecule has 0 radical (unpaired) electrons. The van der Waals surface area contributed by atoms with E-state index in [2.05, 4.69) is 27.4 Å². The summed E-state index contributed by atoms with van der Waals surface area (Å²) in [5.74, 6) is -3.73. The van der Waals surface area contributed by atoms with E-state index in [0.29, 0.717) is 18.4 Å². The van der Waals surface area contributed by atoms with Crippen LogP contribution in [0.3, 0.4) is 0 Å². The fourth-order valence-electron chi connectivity index (χ4n) is 3.97. The molecule has 4 rings (SSSR count). The van der Waals surface area contributed by atoms with Crippen LogP contribution in [0.1, 0.15) is 16.3 Å². The molecule has 3 heterocycles. The van der Waals surface area contributed by atoms with Crippen molar-refractivity contribution in [2.45, 2.75) is 32.4 Å². The molecule has 0 bridgehead atoms. The maximum absolute atomic E-state index is 12.7. The number of aromatic nitrogens is 1. The number of likely N-dealkylation sites (tertiary alicyclic amines) is 2. The number of nitrogens with zero attached hydrogens (tertiary/aromatic N) is 3. The van der Waals surface area contributed by atoms with E-state index < -0.39 is 24.3 Å². The van der Waals surface area contributed by atoms with Crippen LogP contribution < -0.4 is 4.74 Å². The van der Waals surface area contributed by atoms with Crippen LogP contribution in [-0.2, 0) is 27.5 Å². The number of carbonyl (C=O) groups is 3. The Balaban J connectivity index is 0.000000317. The van der Waals surface area contributed by atoms with Crippen molar-refractivity contribution in [3.05, 3.63) is 45.9 Å². The molecule has 2 atom stereocenters. The average molecular weight is 586 g/mol.